The van der Waals surface area contributed by atoms with Crippen LogP contribution in [0.2, 0.25) is 0 Å². The standard InChI is InChI=1S/C10H13N3O/c1-10(2,3)8-4-9-11-5-7(14)6-13(9)12-8/h4-6,14H,1-3H3. The van der Waals surface area contributed by atoms with Crippen LogP contribution in [0, 0.1) is 0 Å². The fraction of sp³-hybridized carbons (Fsp3) is 0.400. The lowest BCUT2D eigenvalue weighted by atomic mass is 9.93. The maximum atomic E-state index is 9.22. The molecule has 2 heterocycles. The highest BCUT2D eigenvalue weighted by Gasteiger charge is 2.17. The highest BCUT2D eigenvalue weighted by Crippen LogP contribution is 2.21. The number of hydrogen-bond donors (Lipinski definition) is 1. The maximum Gasteiger partial charge on any atom is 0.155 e. The van der Waals surface area contributed by atoms with Gasteiger partial charge >= 0.3 is 0 Å². The third-order valence-electron chi connectivity index (χ3n) is 2.07. The first-order valence-electron chi connectivity index (χ1n) is 4.52. The quantitative estimate of drug-likeness (QED) is 0.690. The van der Waals surface area contributed by atoms with Gasteiger partial charge in [-0.25, -0.2) is 9.50 Å². The molecule has 0 saturated heterocycles. The minimum Gasteiger partial charge on any atom is -0.505 e. The van der Waals surface area contributed by atoms with Crippen LogP contribution >= 0.6 is 0 Å². The molecule has 0 aromatic carbocycles. The Morgan fingerprint density at radius 2 is 2.07 bits per heavy atom. The number of hydrogen-bond acceptors (Lipinski definition) is 3. The molecule has 2 aromatic heterocycles. The summed E-state index contributed by atoms with van der Waals surface area (Å²) in [4.78, 5) is 4.07. The van der Waals surface area contributed by atoms with Gasteiger partial charge in [0.25, 0.3) is 0 Å². The van der Waals surface area contributed by atoms with Gasteiger partial charge in [0.1, 0.15) is 0 Å². The van der Waals surface area contributed by atoms with Crippen molar-refractivity contribution in [2.75, 3.05) is 0 Å². The zero-order valence-corrected chi connectivity index (χ0v) is 8.52. The Morgan fingerprint density at radius 3 is 2.71 bits per heavy atom. The van der Waals surface area contributed by atoms with E-state index in [1.165, 1.54) is 6.20 Å². The first-order chi connectivity index (χ1) is 6.47. The van der Waals surface area contributed by atoms with E-state index in [1.807, 2.05) is 6.07 Å². The van der Waals surface area contributed by atoms with Crippen molar-refractivity contribution in [1.82, 2.24) is 14.6 Å². The Kier molecular flexibility index (Phi) is 1.74. The molecule has 0 aliphatic carbocycles. The lowest BCUT2D eigenvalue weighted by molar-refractivity contribution is 0.467. The lowest BCUT2D eigenvalue weighted by Crippen LogP contribution is -2.11. The summed E-state index contributed by atoms with van der Waals surface area (Å²) in [6, 6.07) is 1.93. The highest BCUT2D eigenvalue weighted by atomic mass is 16.3. The summed E-state index contributed by atoms with van der Waals surface area (Å²) < 4.78 is 1.59. The van der Waals surface area contributed by atoms with Crippen molar-refractivity contribution in [1.29, 1.82) is 0 Å². The van der Waals surface area contributed by atoms with Gasteiger partial charge in [0.15, 0.2) is 11.4 Å². The van der Waals surface area contributed by atoms with E-state index in [9.17, 15) is 5.11 Å². The molecule has 0 aliphatic heterocycles. The van der Waals surface area contributed by atoms with Gasteiger partial charge in [-0.3, -0.25) is 0 Å². The second-order valence-corrected chi connectivity index (χ2v) is 4.39. The van der Waals surface area contributed by atoms with Crippen LogP contribution < -0.4 is 0 Å². The summed E-state index contributed by atoms with van der Waals surface area (Å²) >= 11 is 0. The van der Waals surface area contributed by atoms with Gasteiger partial charge in [-0.05, 0) is 0 Å². The van der Waals surface area contributed by atoms with E-state index in [2.05, 4.69) is 30.9 Å². The van der Waals surface area contributed by atoms with Crippen molar-refractivity contribution in [2.24, 2.45) is 0 Å². The molecule has 0 bridgehead atoms. The molecule has 4 heteroatoms. The topological polar surface area (TPSA) is 50.4 Å². The molecule has 0 aliphatic rings. The predicted octanol–water partition coefficient (Wildman–Crippen LogP) is 1.73. The molecule has 0 spiro atoms. The first kappa shape index (κ1) is 8.99. The normalized spacial score (nSPS) is 12.2. The van der Waals surface area contributed by atoms with Crippen LogP contribution in [0.4, 0.5) is 0 Å². The van der Waals surface area contributed by atoms with Crippen LogP contribution in [0.3, 0.4) is 0 Å². The number of aromatic nitrogens is 3. The van der Waals surface area contributed by atoms with E-state index in [1.54, 1.807) is 10.7 Å². The molecule has 0 radical (unpaired) electrons. The third kappa shape index (κ3) is 1.43. The van der Waals surface area contributed by atoms with Gasteiger partial charge in [-0.2, -0.15) is 5.10 Å². The lowest BCUT2D eigenvalue weighted by Gasteiger charge is -2.13. The van der Waals surface area contributed by atoms with Gasteiger partial charge < -0.3 is 5.11 Å². The fourth-order valence-corrected chi connectivity index (χ4v) is 1.23. The molecular weight excluding hydrogens is 178 g/mol. The Bertz CT molecular complexity index is 468. The fourth-order valence-electron chi connectivity index (χ4n) is 1.23. The molecule has 0 fully saturated rings. The third-order valence-corrected chi connectivity index (χ3v) is 2.07. The van der Waals surface area contributed by atoms with Gasteiger partial charge in [-0.1, -0.05) is 20.8 Å². The van der Waals surface area contributed by atoms with E-state index in [0.29, 0.717) is 0 Å². The molecule has 14 heavy (non-hydrogen) atoms. The minimum absolute atomic E-state index is 0.00329. The Morgan fingerprint density at radius 1 is 1.36 bits per heavy atom. The van der Waals surface area contributed by atoms with E-state index in [-0.39, 0.29) is 11.2 Å². The van der Waals surface area contributed by atoms with Crippen molar-refractivity contribution in [3.05, 3.63) is 24.2 Å². The predicted molar refractivity (Wildman–Crippen MR) is 53.4 cm³/mol. The van der Waals surface area contributed by atoms with Crippen molar-refractivity contribution < 1.29 is 5.11 Å². The van der Waals surface area contributed by atoms with Gasteiger partial charge in [0.05, 0.1) is 18.1 Å². The largest absolute Gasteiger partial charge is 0.505 e. The number of rotatable bonds is 0. The summed E-state index contributed by atoms with van der Waals surface area (Å²) in [5.41, 5.74) is 1.73. The zero-order chi connectivity index (χ0) is 10.3. The number of nitrogens with zero attached hydrogens (tertiary/aromatic N) is 3. The second kappa shape index (κ2) is 2.70. The monoisotopic (exact) mass is 191 g/mol. The van der Waals surface area contributed by atoms with Crippen LogP contribution in [-0.4, -0.2) is 19.7 Å². The maximum absolute atomic E-state index is 9.22. The zero-order valence-electron chi connectivity index (χ0n) is 8.52. The Labute approximate surface area is 82.2 Å². The summed E-state index contributed by atoms with van der Waals surface area (Å²) in [5, 5.41) is 13.6. The first-order valence-corrected chi connectivity index (χ1v) is 4.52. The molecule has 0 unspecified atom stereocenters. The molecule has 0 amide bonds. The van der Waals surface area contributed by atoms with Gasteiger partial charge in [0, 0.05) is 11.5 Å². The van der Waals surface area contributed by atoms with E-state index in [4.69, 9.17) is 0 Å². The molecular formula is C10H13N3O. The van der Waals surface area contributed by atoms with Gasteiger partial charge in [0.2, 0.25) is 0 Å². The molecule has 74 valence electrons. The van der Waals surface area contributed by atoms with Crippen molar-refractivity contribution in [3.63, 3.8) is 0 Å². The molecule has 4 nitrogen and oxygen atoms in total. The summed E-state index contributed by atoms with van der Waals surface area (Å²) in [7, 11) is 0. The number of aromatic hydroxyl groups is 1. The van der Waals surface area contributed by atoms with E-state index in [0.717, 1.165) is 11.3 Å². The second-order valence-electron chi connectivity index (χ2n) is 4.39. The summed E-state index contributed by atoms with van der Waals surface area (Å²) in [6.07, 6.45) is 2.97. The molecule has 1 N–H and O–H groups in total. The average molecular weight is 191 g/mol. The molecule has 0 atom stereocenters. The molecule has 2 rings (SSSR count). The average Bonchev–Trinajstić information content (AvgIpc) is 2.45. The van der Waals surface area contributed by atoms with Crippen molar-refractivity contribution in [2.45, 2.75) is 26.2 Å². The smallest absolute Gasteiger partial charge is 0.155 e. The van der Waals surface area contributed by atoms with Crippen LogP contribution in [0.1, 0.15) is 26.5 Å². The number of fused-ring (bicyclic) bond motifs is 1. The Hall–Kier alpha value is -1.58. The van der Waals surface area contributed by atoms with E-state index >= 15 is 0 Å². The van der Waals surface area contributed by atoms with Crippen molar-refractivity contribution in [3.8, 4) is 5.75 Å². The molecule has 2 aromatic rings. The minimum atomic E-state index is 0.00329. The van der Waals surface area contributed by atoms with Gasteiger partial charge in [-0.15, -0.1) is 0 Å². The summed E-state index contributed by atoms with van der Waals surface area (Å²) in [5.74, 6) is 0.126. The summed E-state index contributed by atoms with van der Waals surface area (Å²) in [6.45, 7) is 6.28. The van der Waals surface area contributed by atoms with Crippen LogP contribution in [0.15, 0.2) is 18.5 Å². The van der Waals surface area contributed by atoms with Crippen LogP contribution in [0.5, 0.6) is 5.75 Å². The SMILES string of the molecule is CC(C)(C)c1cc2ncc(O)cn2n1. The van der Waals surface area contributed by atoms with Crippen LogP contribution in [0.25, 0.3) is 5.65 Å². The molecule has 0 saturated carbocycles. The van der Waals surface area contributed by atoms with E-state index < -0.39 is 0 Å². The van der Waals surface area contributed by atoms with Crippen LogP contribution in [-0.2, 0) is 5.41 Å². The highest BCUT2D eigenvalue weighted by molar-refractivity contribution is 5.41. The van der Waals surface area contributed by atoms with Crippen molar-refractivity contribution >= 4 is 5.65 Å². The Balaban J connectivity index is 2.63.